The van der Waals surface area contributed by atoms with Gasteiger partial charge in [-0.3, -0.25) is 9.59 Å². The third kappa shape index (κ3) is 5.03. The molecule has 0 radical (unpaired) electrons. The van der Waals surface area contributed by atoms with Crippen molar-refractivity contribution in [1.82, 2.24) is 9.88 Å². The second kappa shape index (κ2) is 9.47. The van der Waals surface area contributed by atoms with Crippen LogP contribution in [0.5, 0.6) is 0 Å². The second-order valence-electron chi connectivity index (χ2n) is 8.14. The zero-order valence-corrected chi connectivity index (χ0v) is 19.2. The summed E-state index contributed by atoms with van der Waals surface area (Å²) in [7, 11) is 0. The lowest BCUT2D eigenvalue weighted by Crippen LogP contribution is -2.34. The predicted octanol–water partition coefficient (Wildman–Crippen LogP) is 4.30. The van der Waals surface area contributed by atoms with Gasteiger partial charge in [0.15, 0.2) is 0 Å². The monoisotopic (exact) mass is 491 g/mol. The lowest BCUT2D eigenvalue weighted by molar-refractivity contribution is -0.141. The highest BCUT2D eigenvalue weighted by Crippen LogP contribution is 2.33. The van der Waals surface area contributed by atoms with Gasteiger partial charge in [0.05, 0.1) is 12.3 Å². The summed E-state index contributed by atoms with van der Waals surface area (Å²) in [5.74, 6) is -0.155. The predicted molar refractivity (Wildman–Crippen MR) is 121 cm³/mol. The van der Waals surface area contributed by atoms with Crippen LogP contribution in [0, 0.1) is 5.92 Å². The Morgan fingerprint density at radius 1 is 1.40 bits per heavy atom. The smallest absolute Gasteiger partial charge is 0.304 e. The standard InChI is InChI=1S/C22H26BrN3O3S/c23-16-10-19(30-13-16)18(11-20(27)28)22(29)26-9-7-14(12-26)3-5-17-6-4-15-2-1-8-24-21(15)25-17/h4,6,10,13-14,18H,1-3,5,7-9,11-12H2,(H,24,25)(H,27,28)/t14-,18+/m1/s1. The van der Waals surface area contributed by atoms with Gasteiger partial charge < -0.3 is 15.3 Å². The number of nitrogens with zero attached hydrogens (tertiary/aromatic N) is 2. The van der Waals surface area contributed by atoms with Crippen molar-refractivity contribution in [3.63, 3.8) is 0 Å². The van der Waals surface area contributed by atoms with E-state index in [0.717, 1.165) is 59.5 Å². The maximum atomic E-state index is 13.1. The molecule has 0 unspecified atom stereocenters. The van der Waals surface area contributed by atoms with E-state index < -0.39 is 11.9 Å². The van der Waals surface area contributed by atoms with Crippen LogP contribution < -0.4 is 5.32 Å². The van der Waals surface area contributed by atoms with Crippen LogP contribution in [-0.2, 0) is 22.4 Å². The van der Waals surface area contributed by atoms with Gasteiger partial charge in [-0.25, -0.2) is 4.98 Å². The molecule has 8 heteroatoms. The van der Waals surface area contributed by atoms with Crippen LogP contribution in [0.2, 0.25) is 0 Å². The summed E-state index contributed by atoms with van der Waals surface area (Å²) in [5, 5.41) is 14.6. The summed E-state index contributed by atoms with van der Waals surface area (Å²) in [6, 6.07) is 6.17. The Morgan fingerprint density at radius 2 is 2.27 bits per heavy atom. The minimum absolute atomic E-state index is 0.0645. The molecule has 2 atom stereocenters. The molecule has 30 heavy (non-hydrogen) atoms. The third-order valence-corrected chi connectivity index (χ3v) is 7.77. The molecule has 2 aromatic heterocycles. The molecule has 1 saturated heterocycles. The number of likely N-dealkylation sites (tertiary alicyclic amines) is 1. The van der Waals surface area contributed by atoms with E-state index in [-0.39, 0.29) is 12.3 Å². The zero-order chi connectivity index (χ0) is 21.1. The molecule has 6 nitrogen and oxygen atoms in total. The molecule has 2 aliphatic heterocycles. The molecule has 2 N–H and O–H groups in total. The molecular weight excluding hydrogens is 466 g/mol. The number of carboxylic acid groups (broad SMARTS) is 1. The van der Waals surface area contributed by atoms with Crippen LogP contribution in [0.4, 0.5) is 5.82 Å². The number of rotatable bonds is 7. The first-order valence-corrected chi connectivity index (χ1v) is 12.1. The van der Waals surface area contributed by atoms with E-state index in [9.17, 15) is 14.7 Å². The highest BCUT2D eigenvalue weighted by atomic mass is 79.9. The summed E-state index contributed by atoms with van der Waals surface area (Å²) in [6.07, 6.45) is 4.93. The first-order chi connectivity index (χ1) is 14.5. The van der Waals surface area contributed by atoms with Crippen molar-refractivity contribution in [3.05, 3.63) is 44.2 Å². The molecule has 2 aromatic rings. The van der Waals surface area contributed by atoms with E-state index in [1.807, 2.05) is 16.3 Å². The Hall–Kier alpha value is -1.93. The van der Waals surface area contributed by atoms with Gasteiger partial charge in [-0.1, -0.05) is 6.07 Å². The summed E-state index contributed by atoms with van der Waals surface area (Å²) < 4.78 is 0.886. The molecule has 0 bridgehead atoms. The number of amides is 1. The fraction of sp³-hybridized carbons (Fsp3) is 0.500. The van der Waals surface area contributed by atoms with E-state index in [2.05, 4.69) is 33.4 Å². The molecule has 0 saturated carbocycles. The molecule has 4 rings (SSSR count). The number of thiophene rings is 1. The van der Waals surface area contributed by atoms with Crippen LogP contribution in [0.15, 0.2) is 28.1 Å². The quantitative estimate of drug-likeness (QED) is 0.602. The minimum Gasteiger partial charge on any atom is -0.481 e. The highest BCUT2D eigenvalue weighted by molar-refractivity contribution is 9.10. The van der Waals surface area contributed by atoms with Crippen LogP contribution >= 0.6 is 27.3 Å². The summed E-state index contributed by atoms with van der Waals surface area (Å²) in [6.45, 7) is 2.39. The highest BCUT2D eigenvalue weighted by Gasteiger charge is 2.33. The van der Waals surface area contributed by atoms with Gasteiger partial charge in [0.25, 0.3) is 0 Å². The van der Waals surface area contributed by atoms with Crippen molar-refractivity contribution >= 4 is 45.0 Å². The number of nitrogens with one attached hydrogen (secondary N) is 1. The number of halogens is 1. The lowest BCUT2D eigenvalue weighted by Gasteiger charge is -2.22. The van der Waals surface area contributed by atoms with Crippen LogP contribution in [-0.4, -0.2) is 46.5 Å². The van der Waals surface area contributed by atoms with Crippen molar-refractivity contribution in [2.75, 3.05) is 25.0 Å². The molecule has 2 aliphatic rings. The van der Waals surface area contributed by atoms with Crippen LogP contribution in [0.25, 0.3) is 0 Å². The number of carbonyl (C=O) groups is 2. The minimum atomic E-state index is -0.944. The maximum Gasteiger partial charge on any atom is 0.304 e. The molecule has 1 fully saturated rings. The second-order valence-corrected chi connectivity index (χ2v) is 9.99. The Kier molecular flexibility index (Phi) is 6.73. The summed E-state index contributed by atoms with van der Waals surface area (Å²) in [5.41, 5.74) is 2.40. The van der Waals surface area contributed by atoms with E-state index >= 15 is 0 Å². The van der Waals surface area contributed by atoms with E-state index in [1.165, 1.54) is 16.9 Å². The zero-order valence-electron chi connectivity index (χ0n) is 16.8. The van der Waals surface area contributed by atoms with Gasteiger partial charge >= 0.3 is 5.97 Å². The number of aromatic nitrogens is 1. The third-order valence-electron chi connectivity index (χ3n) is 5.97. The number of aryl methyl sites for hydroxylation is 2. The van der Waals surface area contributed by atoms with Gasteiger partial charge in [-0.2, -0.15) is 0 Å². The Balaban J connectivity index is 1.35. The van der Waals surface area contributed by atoms with Crippen molar-refractivity contribution in [1.29, 1.82) is 0 Å². The van der Waals surface area contributed by atoms with Crippen molar-refractivity contribution < 1.29 is 14.7 Å². The number of anilines is 1. The number of hydrogen-bond donors (Lipinski definition) is 2. The van der Waals surface area contributed by atoms with Gasteiger partial charge in [-0.15, -0.1) is 11.3 Å². The fourth-order valence-corrected chi connectivity index (χ4v) is 5.88. The lowest BCUT2D eigenvalue weighted by atomic mass is 9.99. The van der Waals surface area contributed by atoms with Crippen molar-refractivity contribution in [2.45, 2.75) is 44.4 Å². The summed E-state index contributed by atoms with van der Waals surface area (Å²) in [4.78, 5) is 31.9. The number of carbonyl (C=O) groups excluding carboxylic acids is 1. The van der Waals surface area contributed by atoms with Crippen LogP contribution in [0.3, 0.4) is 0 Å². The van der Waals surface area contributed by atoms with E-state index in [0.29, 0.717) is 19.0 Å². The number of fused-ring (bicyclic) bond motifs is 1. The average Bonchev–Trinajstić information content (AvgIpc) is 3.39. The van der Waals surface area contributed by atoms with Gasteiger partial charge in [0.2, 0.25) is 5.91 Å². The first kappa shape index (κ1) is 21.3. The van der Waals surface area contributed by atoms with Gasteiger partial charge in [0.1, 0.15) is 5.82 Å². The van der Waals surface area contributed by atoms with Crippen molar-refractivity contribution in [3.8, 4) is 0 Å². The average molecular weight is 492 g/mol. The Bertz CT molecular complexity index is 932. The molecule has 1 amide bonds. The molecular formula is C22H26BrN3O3S. The normalized spacial score (nSPS) is 19.2. The van der Waals surface area contributed by atoms with E-state index in [1.54, 1.807) is 0 Å². The number of carboxylic acids is 1. The Morgan fingerprint density at radius 3 is 3.03 bits per heavy atom. The first-order valence-electron chi connectivity index (χ1n) is 10.5. The van der Waals surface area contributed by atoms with E-state index in [4.69, 9.17) is 4.98 Å². The molecule has 0 aromatic carbocycles. The van der Waals surface area contributed by atoms with Gasteiger partial charge in [-0.05, 0) is 71.6 Å². The number of pyridine rings is 1. The van der Waals surface area contributed by atoms with Crippen molar-refractivity contribution in [2.24, 2.45) is 5.92 Å². The SMILES string of the molecule is O=C(O)C[C@H](C(=O)N1CC[C@@H](CCc2ccc3c(n2)NCCC3)C1)c1cc(Br)cs1. The van der Waals surface area contributed by atoms with Gasteiger partial charge in [0, 0.05) is 40.1 Å². The largest absolute Gasteiger partial charge is 0.481 e. The molecule has 4 heterocycles. The van der Waals surface area contributed by atoms with Crippen LogP contribution in [0.1, 0.15) is 47.7 Å². The Labute approximate surface area is 188 Å². The topological polar surface area (TPSA) is 82.5 Å². The fourth-order valence-electron chi connectivity index (χ4n) is 4.34. The number of hydrogen-bond acceptors (Lipinski definition) is 5. The number of aliphatic carboxylic acids is 1. The maximum absolute atomic E-state index is 13.1. The molecule has 0 aliphatic carbocycles. The molecule has 160 valence electrons. The molecule has 0 spiro atoms. The summed E-state index contributed by atoms with van der Waals surface area (Å²) >= 11 is 4.84.